The molecule has 3 aromatic heterocycles. The molecular weight excluding hydrogens is 441 g/mol. The van der Waals surface area contributed by atoms with Crippen LogP contribution < -0.4 is 5.32 Å². The second kappa shape index (κ2) is 8.47. The quantitative estimate of drug-likeness (QED) is 0.357. The number of anilines is 1. The second-order valence-corrected chi connectivity index (χ2v) is 7.68. The van der Waals surface area contributed by atoms with Crippen LogP contribution in [0.1, 0.15) is 16.1 Å². The zero-order valence-electron chi connectivity index (χ0n) is 17.9. The summed E-state index contributed by atoms with van der Waals surface area (Å²) in [5.41, 5.74) is 3.57. The van der Waals surface area contributed by atoms with E-state index in [2.05, 4.69) is 15.3 Å². The summed E-state index contributed by atoms with van der Waals surface area (Å²) >= 11 is 0. The molecular formula is C26H17F3N4O. The van der Waals surface area contributed by atoms with Crippen molar-refractivity contribution in [2.75, 3.05) is 5.32 Å². The Bertz CT molecular complexity index is 1540. The fourth-order valence-corrected chi connectivity index (χ4v) is 3.78. The minimum absolute atomic E-state index is 0.0889. The average molecular weight is 458 g/mol. The van der Waals surface area contributed by atoms with E-state index in [9.17, 15) is 18.0 Å². The van der Waals surface area contributed by atoms with Crippen molar-refractivity contribution in [1.29, 1.82) is 0 Å². The number of nitrogens with one attached hydrogen (secondary N) is 1. The third-order valence-electron chi connectivity index (χ3n) is 5.51. The smallest absolute Gasteiger partial charge is 0.257 e. The highest BCUT2D eigenvalue weighted by atomic mass is 19.2. The van der Waals surface area contributed by atoms with Gasteiger partial charge in [0.15, 0.2) is 11.6 Å². The molecule has 34 heavy (non-hydrogen) atoms. The fourth-order valence-electron chi connectivity index (χ4n) is 3.78. The number of hydrogen-bond acceptors (Lipinski definition) is 3. The molecule has 1 amide bonds. The summed E-state index contributed by atoms with van der Waals surface area (Å²) in [6, 6.07) is 14.7. The summed E-state index contributed by atoms with van der Waals surface area (Å²) in [5, 5.41) is 2.74. The standard InChI is InChI=1S/C26H17F3N4O/c1-15-21(26(34)32-18-9-7-17(27)8-10-18)12-16(13-30-15)19-5-3-11-33-23(14-31-25(19)33)20-4-2-6-22(28)24(20)29/h2-14H,1H3,(H,32,34). The van der Waals surface area contributed by atoms with E-state index in [0.29, 0.717) is 39.4 Å². The Morgan fingerprint density at radius 3 is 2.47 bits per heavy atom. The molecule has 0 aliphatic carbocycles. The highest BCUT2D eigenvalue weighted by Crippen LogP contribution is 2.30. The van der Waals surface area contributed by atoms with Crippen LogP contribution in [-0.2, 0) is 0 Å². The van der Waals surface area contributed by atoms with Gasteiger partial charge in [0.25, 0.3) is 5.91 Å². The molecule has 8 heteroatoms. The normalized spacial score (nSPS) is 11.1. The number of rotatable bonds is 4. The zero-order chi connectivity index (χ0) is 23.8. The Morgan fingerprint density at radius 1 is 0.912 bits per heavy atom. The van der Waals surface area contributed by atoms with Gasteiger partial charge in [0.05, 0.1) is 23.1 Å². The molecule has 2 aromatic carbocycles. The predicted octanol–water partition coefficient (Wildman–Crippen LogP) is 6.04. The van der Waals surface area contributed by atoms with Crippen LogP contribution in [0.2, 0.25) is 0 Å². The molecule has 0 atom stereocenters. The molecule has 0 radical (unpaired) electrons. The lowest BCUT2D eigenvalue weighted by Crippen LogP contribution is -2.14. The van der Waals surface area contributed by atoms with Crippen LogP contribution in [0, 0.1) is 24.4 Å². The van der Waals surface area contributed by atoms with E-state index in [1.807, 2.05) is 6.07 Å². The van der Waals surface area contributed by atoms with Crippen molar-refractivity contribution in [1.82, 2.24) is 14.4 Å². The number of aryl methyl sites for hydroxylation is 1. The van der Waals surface area contributed by atoms with Gasteiger partial charge in [0, 0.05) is 34.8 Å². The third kappa shape index (κ3) is 3.79. The number of pyridine rings is 2. The number of aromatic nitrogens is 3. The number of imidazole rings is 1. The topological polar surface area (TPSA) is 59.3 Å². The highest BCUT2D eigenvalue weighted by Gasteiger charge is 2.18. The number of amides is 1. The molecule has 0 saturated carbocycles. The number of carbonyl (C=O) groups is 1. The molecule has 1 N–H and O–H groups in total. The first-order chi connectivity index (χ1) is 16.4. The van der Waals surface area contributed by atoms with Gasteiger partial charge in [-0.1, -0.05) is 6.07 Å². The molecule has 168 valence electrons. The van der Waals surface area contributed by atoms with Crippen molar-refractivity contribution in [2.24, 2.45) is 0 Å². The SMILES string of the molecule is Cc1ncc(-c2cccn3c(-c4cccc(F)c4F)cnc23)cc1C(=O)Nc1ccc(F)cc1. The maximum Gasteiger partial charge on any atom is 0.257 e. The molecule has 0 aliphatic heterocycles. The van der Waals surface area contributed by atoms with Crippen LogP contribution in [0.15, 0.2) is 79.3 Å². The van der Waals surface area contributed by atoms with Crippen molar-refractivity contribution in [3.8, 4) is 22.4 Å². The van der Waals surface area contributed by atoms with Crippen molar-refractivity contribution in [3.05, 3.63) is 108 Å². The van der Waals surface area contributed by atoms with Crippen LogP contribution in [0.5, 0.6) is 0 Å². The molecule has 0 bridgehead atoms. The first-order valence-electron chi connectivity index (χ1n) is 10.4. The number of benzene rings is 2. The van der Waals surface area contributed by atoms with E-state index in [4.69, 9.17) is 0 Å². The van der Waals surface area contributed by atoms with E-state index in [1.54, 1.807) is 35.9 Å². The summed E-state index contributed by atoms with van der Waals surface area (Å²) in [6.07, 6.45) is 4.80. The number of nitrogens with zero attached hydrogens (tertiary/aromatic N) is 3. The summed E-state index contributed by atoms with van der Waals surface area (Å²) in [7, 11) is 0. The maximum atomic E-state index is 14.4. The van der Waals surface area contributed by atoms with Gasteiger partial charge in [0.2, 0.25) is 0 Å². The Kier molecular flexibility index (Phi) is 5.33. The lowest BCUT2D eigenvalue weighted by atomic mass is 10.0. The summed E-state index contributed by atoms with van der Waals surface area (Å²) in [6.45, 7) is 1.71. The summed E-state index contributed by atoms with van der Waals surface area (Å²) < 4.78 is 43.0. The maximum absolute atomic E-state index is 14.4. The molecule has 0 saturated heterocycles. The Hall–Kier alpha value is -4.46. The second-order valence-electron chi connectivity index (χ2n) is 7.68. The number of carbonyl (C=O) groups excluding carboxylic acids is 1. The molecule has 0 fully saturated rings. The largest absolute Gasteiger partial charge is 0.322 e. The van der Waals surface area contributed by atoms with Gasteiger partial charge in [-0.15, -0.1) is 0 Å². The van der Waals surface area contributed by atoms with Crippen LogP contribution in [-0.4, -0.2) is 20.3 Å². The van der Waals surface area contributed by atoms with Gasteiger partial charge in [-0.05, 0) is 61.5 Å². The molecule has 5 rings (SSSR count). The van der Waals surface area contributed by atoms with Gasteiger partial charge >= 0.3 is 0 Å². The van der Waals surface area contributed by atoms with Gasteiger partial charge in [-0.2, -0.15) is 0 Å². The molecule has 0 unspecified atom stereocenters. The minimum Gasteiger partial charge on any atom is -0.322 e. The molecule has 5 nitrogen and oxygen atoms in total. The monoisotopic (exact) mass is 458 g/mol. The van der Waals surface area contributed by atoms with Crippen LogP contribution >= 0.6 is 0 Å². The number of fused-ring (bicyclic) bond motifs is 1. The average Bonchev–Trinajstić information content (AvgIpc) is 3.27. The molecule has 5 aromatic rings. The van der Waals surface area contributed by atoms with E-state index in [1.165, 1.54) is 42.6 Å². The van der Waals surface area contributed by atoms with Crippen LogP contribution in [0.4, 0.5) is 18.9 Å². The third-order valence-corrected chi connectivity index (χ3v) is 5.51. The highest BCUT2D eigenvalue weighted by molar-refractivity contribution is 6.05. The minimum atomic E-state index is -0.952. The van der Waals surface area contributed by atoms with Gasteiger partial charge in [-0.25, -0.2) is 18.2 Å². The lowest BCUT2D eigenvalue weighted by molar-refractivity contribution is 0.102. The van der Waals surface area contributed by atoms with Crippen LogP contribution in [0.25, 0.3) is 28.0 Å². The van der Waals surface area contributed by atoms with Crippen molar-refractivity contribution < 1.29 is 18.0 Å². The van der Waals surface area contributed by atoms with E-state index >= 15 is 0 Å². The number of halogens is 3. The Morgan fingerprint density at radius 2 is 1.68 bits per heavy atom. The Balaban J connectivity index is 1.55. The molecule has 0 aliphatic rings. The van der Waals surface area contributed by atoms with E-state index in [-0.39, 0.29) is 5.56 Å². The first kappa shape index (κ1) is 21.4. The lowest BCUT2D eigenvalue weighted by Gasteiger charge is -2.11. The van der Waals surface area contributed by atoms with Crippen molar-refractivity contribution in [3.63, 3.8) is 0 Å². The summed E-state index contributed by atoms with van der Waals surface area (Å²) in [4.78, 5) is 21.7. The first-order valence-corrected chi connectivity index (χ1v) is 10.4. The fraction of sp³-hybridized carbons (Fsp3) is 0.0385. The van der Waals surface area contributed by atoms with Gasteiger partial charge in [-0.3, -0.25) is 14.2 Å². The van der Waals surface area contributed by atoms with Crippen molar-refractivity contribution in [2.45, 2.75) is 6.92 Å². The van der Waals surface area contributed by atoms with E-state index < -0.39 is 23.4 Å². The van der Waals surface area contributed by atoms with Gasteiger partial charge in [0.1, 0.15) is 11.5 Å². The summed E-state index contributed by atoms with van der Waals surface area (Å²) in [5.74, 6) is -2.69. The number of hydrogen-bond donors (Lipinski definition) is 1. The van der Waals surface area contributed by atoms with E-state index in [0.717, 1.165) is 6.07 Å². The van der Waals surface area contributed by atoms with Crippen molar-refractivity contribution >= 4 is 17.2 Å². The molecule has 0 spiro atoms. The molecule has 3 heterocycles. The zero-order valence-corrected chi connectivity index (χ0v) is 17.9. The Labute approximate surface area is 192 Å². The van der Waals surface area contributed by atoms with Crippen LogP contribution in [0.3, 0.4) is 0 Å². The predicted molar refractivity (Wildman–Crippen MR) is 123 cm³/mol. The van der Waals surface area contributed by atoms with Gasteiger partial charge < -0.3 is 5.32 Å².